The van der Waals surface area contributed by atoms with Crippen LogP contribution in [-0.4, -0.2) is 89.3 Å². The zero-order chi connectivity index (χ0) is 31.6. The van der Waals surface area contributed by atoms with Gasteiger partial charge in [0.25, 0.3) is 0 Å². The molecule has 44 heavy (non-hydrogen) atoms. The normalized spacial score (nSPS) is 24.6. The summed E-state index contributed by atoms with van der Waals surface area (Å²) in [6.45, 7) is 5.92. The van der Waals surface area contributed by atoms with Crippen LogP contribution in [-0.2, 0) is 36.8 Å². The molecule has 1 aliphatic carbocycles. The summed E-state index contributed by atoms with van der Waals surface area (Å²) in [7, 11) is -1.18. The molecule has 0 aromatic heterocycles. The monoisotopic (exact) mass is 616 g/mol. The molecule has 4 atom stereocenters. The van der Waals surface area contributed by atoms with E-state index in [1.165, 1.54) is 15.9 Å². The molecule has 3 heterocycles. The Kier molecular flexibility index (Phi) is 9.69. The van der Waals surface area contributed by atoms with E-state index in [2.05, 4.69) is 10.6 Å². The number of ether oxygens (including phenoxy) is 2. The van der Waals surface area contributed by atoms with Crippen LogP contribution in [0.15, 0.2) is 18.2 Å². The fraction of sp³-hybridized carbons (Fsp3) is 0.667. The second kappa shape index (κ2) is 13.3. The average Bonchev–Trinajstić information content (AvgIpc) is 3.73. The Hall–Kier alpha value is -3.39. The summed E-state index contributed by atoms with van der Waals surface area (Å²) in [6, 6.07) is 2.60. The topological polar surface area (TPSA) is 147 Å². The minimum Gasteiger partial charge on any atom is -0.446 e. The second-order valence-electron chi connectivity index (χ2n) is 13.3. The fourth-order valence-electron chi connectivity index (χ4n) is 6.41. The van der Waals surface area contributed by atoms with Crippen LogP contribution in [0.5, 0.6) is 0 Å². The van der Waals surface area contributed by atoms with Gasteiger partial charge in [0.15, 0.2) is 0 Å². The number of nitrogens with zero attached hydrogens (tertiary/aromatic N) is 2. The number of likely N-dealkylation sites (tertiary alicyclic amines) is 1. The molecule has 4 amide bonds. The molecular formula is C30H42BFN4O8. The van der Waals surface area contributed by atoms with Gasteiger partial charge in [-0.25, -0.2) is 14.0 Å². The molecule has 12 nitrogen and oxygen atoms in total. The molecular weight excluding hydrogens is 574 g/mol. The van der Waals surface area contributed by atoms with Crippen molar-refractivity contribution in [2.45, 2.75) is 109 Å². The van der Waals surface area contributed by atoms with E-state index < -0.39 is 66.5 Å². The Morgan fingerprint density at radius 3 is 2.50 bits per heavy atom. The summed E-state index contributed by atoms with van der Waals surface area (Å²) in [5.74, 6) is -2.10. The van der Waals surface area contributed by atoms with Crippen molar-refractivity contribution in [2.24, 2.45) is 5.41 Å². The Balaban J connectivity index is 1.31. The van der Waals surface area contributed by atoms with Crippen molar-refractivity contribution in [3.05, 3.63) is 35.1 Å². The van der Waals surface area contributed by atoms with Gasteiger partial charge in [-0.1, -0.05) is 32.9 Å². The first-order chi connectivity index (χ1) is 20.9. The molecule has 3 aliphatic heterocycles. The summed E-state index contributed by atoms with van der Waals surface area (Å²) in [4.78, 5) is 56.4. The van der Waals surface area contributed by atoms with Crippen molar-refractivity contribution >= 4 is 31.1 Å². The summed E-state index contributed by atoms with van der Waals surface area (Å²) >= 11 is 0. The molecule has 3 N–H and O–H groups in total. The Morgan fingerprint density at radius 1 is 1.07 bits per heavy atom. The quantitative estimate of drug-likeness (QED) is 0.414. The van der Waals surface area contributed by atoms with Gasteiger partial charge >= 0.3 is 19.3 Å². The molecule has 1 aromatic rings. The summed E-state index contributed by atoms with van der Waals surface area (Å²) < 4.78 is 30.9. The van der Waals surface area contributed by atoms with Crippen molar-refractivity contribution in [2.75, 3.05) is 13.2 Å². The van der Waals surface area contributed by atoms with Gasteiger partial charge < -0.3 is 34.7 Å². The first kappa shape index (κ1) is 32.0. The minimum atomic E-state index is -1.18. The number of hydrogen-bond acceptors (Lipinski definition) is 8. The number of rotatable bonds is 6. The van der Waals surface area contributed by atoms with Crippen molar-refractivity contribution in [1.82, 2.24) is 20.4 Å². The van der Waals surface area contributed by atoms with Crippen LogP contribution in [0, 0.1) is 11.2 Å². The number of halogens is 1. The maximum Gasteiger partial charge on any atom is 0.478 e. The molecule has 3 fully saturated rings. The fourth-order valence-corrected chi connectivity index (χ4v) is 6.41. The van der Waals surface area contributed by atoms with Crippen molar-refractivity contribution < 1.29 is 42.7 Å². The van der Waals surface area contributed by atoms with Gasteiger partial charge in [0.2, 0.25) is 11.8 Å². The zero-order valence-electron chi connectivity index (χ0n) is 25.6. The zero-order valence-corrected chi connectivity index (χ0v) is 25.6. The molecule has 0 radical (unpaired) electrons. The number of carbonyl (C=O) groups is 4. The summed E-state index contributed by atoms with van der Waals surface area (Å²) in [5, 5.41) is 15.8. The number of amides is 4. The highest BCUT2D eigenvalue weighted by molar-refractivity contribution is 6.45. The number of benzene rings is 1. The number of nitrogens with one attached hydrogen (secondary N) is 2. The maximum absolute atomic E-state index is 14.3. The largest absolute Gasteiger partial charge is 0.478 e. The van der Waals surface area contributed by atoms with E-state index >= 15 is 0 Å². The first-order valence-electron chi connectivity index (χ1n) is 15.5. The molecule has 1 unspecified atom stereocenters. The number of carbonyl (C=O) groups excluding carboxylic acids is 4. The van der Waals surface area contributed by atoms with Crippen molar-refractivity contribution in [3.63, 3.8) is 0 Å². The summed E-state index contributed by atoms with van der Waals surface area (Å²) in [5.41, 5.74) is 0.376. The van der Waals surface area contributed by atoms with Gasteiger partial charge in [-0.3, -0.25) is 14.5 Å². The minimum absolute atomic E-state index is 0.00547. The average molecular weight is 616 g/mol. The molecule has 4 aliphatic rings. The van der Waals surface area contributed by atoms with E-state index in [9.17, 15) is 28.6 Å². The van der Waals surface area contributed by atoms with Crippen LogP contribution in [0.2, 0.25) is 0 Å². The van der Waals surface area contributed by atoms with Crippen LogP contribution < -0.4 is 10.6 Å². The molecule has 5 rings (SSSR count). The van der Waals surface area contributed by atoms with E-state index in [1.54, 1.807) is 32.9 Å². The second-order valence-corrected chi connectivity index (χ2v) is 13.3. The molecule has 240 valence electrons. The highest BCUT2D eigenvalue weighted by atomic mass is 19.1. The standard InChI is InChI=1S/C30H42BFN4O8/c1-30(2,3)25(34-28(39)43-19-9-4-5-10-19)27(38)36-16-20(14-23(36)26(37)33-24-12-7-13-42-31(24)41)44-29(40)35-15-18-8-6-11-22(32)21(18)17-35/h6,8,11,19-20,23-25,41H,4-5,7,9-10,12-17H2,1-3H3,(H,33,37)(H,34,39)/t20-,23+,24?,25-/m1/s1. The number of fused-ring (bicyclic) bond motifs is 1. The SMILES string of the molecule is CC(C)(C)[C@H](NC(=O)OC1CCCC1)C(=O)N1C[C@H](OC(=O)N2Cc3cccc(F)c3C2)C[C@H]1C(=O)NC1CCCOB1O. The summed E-state index contributed by atoms with van der Waals surface area (Å²) in [6.07, 6.45) is 2.23. The van der Waals surface area contributed by atoms with Crippen LogP contribution >= 0.6 is 0 Å². The van der Waals surface area contributed by atoms with Gasteiger partial charge in [0, 0.05) is 25.1 Å². The Bertz CT molecular complexity index is 1260. The third-order valence-corrected chi connectivity index (χ3v) is 8.87. The lowest BCUT2D eigenvalue weighted by Gasteiger charge is -2.35. The third-order valence-electron chi connectivity index (χ3n) is 8.87. The van der Waals surface area contributed by atoms with Gasteiger partial charge in [0.1, 0.15) is 30.1 Å². The van der Waals surface area contributed by atoms with Crippen molar-refractivity contribution in [3.8, 4) is 0 Å². The predicted octanol–water partition coefficient (Wildman–Crippen LogP) is 2.65. The van der Waals surface area contributed by atoms with Gasteiger partial charge in [0.05, 0.1) is 19.0 Å². The van der Waals surface area contributed by atoms with Gasteiger partial charge in [-0.2, -0.15) is 0 Å². The molecule has 1 saturated carbocycles. The lowest BCUT2D eigenvalue weighted by Crippen LogP contribution is -2.59. The van der Waals surface area contributed by atoms with Crippen LogP contribution in [0.1, 0.15) is 76.8 Å². The van der Waals surface area contributed by atoms with Gasteiger partial charge in [-0.15, -0.1) is 0 Å². The third kappa shape index (κ3) is 7.28. The smallest absolute Gasteiger partial charge is 0.446 e. The highest BCUT2D eigenvalue weighted by Gasteiger charge is 2.47. The van der Waals surface area contributed by atoms with E-state index in [-0.39, 0.29) is 32.2 Å². The van der Waals surface area contributed by atoms with E-state index in [1.807, 2.05) is 0 Å². The van der Waals surface area contributed by atoms with Crippen LogP contribution in [0.25, 0.3) is 0 Å². The molecule has 0 spiro atoms. The molecule has 14 heteroatoms. The van der Waals surface area contributed by atoms with Crippen LogP contribution in [0.4, 0.5) is 14.0 Å². The lowest BCUT2D eigenvalue weighted by molar-refractivity contribution is -0.142. The lowest BCUT2D eigenvalue weighted by atomic mass is 9.74. The van der Waals surface area contributed by atoms with E-state index in [4.69, 9.17) is 14.1 Å². The van der Waals surface area contributed by atoms with Crippen LogP contribution in [0.3, 0.4) is 0 Å². The number of hydrogen-bond donors (Lipinski definition) is 3. The van der Waals surface area contributed by atoms with E-state index in [0.717, 1.165) is 25.7 Å². The Labute approximate surface area is 257 Å². The first-order valence-corrected chi connectivity index (χ1v) is 15.5. The van der Waals surface area contributed by atoms with Crippen molar-refractivity contribution in [1.29, 1.82) is 0 Å². The predicted molar refractivity (Wildman–Crippen MR) is 156 cm³/mol. The molecule has 1 aromatic carbocycles. The molecule has 2 saturated heterocycles. The van der Waals surface area contributed by atoms with Gasteiger partial charge in [-0.05, 0) is 55.6 Å². The van der Waals surface area contributed by atoms with E-state index in [0.29, 0.717) is 30.6 Å². The highest BCUT2D eigenvalue weighted by Crippen LogP contribution is 2.30. The number of alkyl carbamates (subject to hydrolysis) is 1. The maximum atomic E-state index is 14.3. The molecule has 0 bridgehead atoms. The Morgan fingerprint density at radius 2 is 1.82 bits per heavy atom.